The minimum Gasteiger partial charge on any atom is -0.497 e. The molecule has 1 amide bonds. The van der Waals surface area contributed by atoms with Crippen LogP contribution >= 0.6 is 11.3 Å². The van der Waals surface area contributed by atoms with E-state index in [2.05, 4.69) is 20.0 Å². The van der Waals surface area contributed by atoms with Crippen LogP contribution in [-0.2, 0) is 6.54 Å². The minimum atomic E-state index is -0.347. The van der Waals surface area contributed by atoms with Gasteiger partial charge in [0.25, 0.3) is 5.91 Å². The van der Waals surface area contributed by atoms with Gasteiger partial charge >= 0.3 is 0 Å². The van der Waals surface area contributed by atoms with E-state index in [1.807, 2.05) is 24.3 Å². The number of hydrogen-bond acceptors (Lipinski definition) is 8. The van der Waals surface area contributed by atoms with Crippen molar-refractivity contribution >= 4 is 17.2 Å². The normalized spacial score (nSPS) is 14.4. The molecule has 1 aliphatic heterocycles. The van der Waals surface area contributed by atoms with E-state index in [4.69, 9.17) is 9.26 Å². The number of hydrogen-bond donors (Lipinski definition) is 0. The summed E-state index contributed by atoms with van der Waals surface area (Å²) in [6.45, 7) is 3.04. The first-order chi connectivity index (χ1) is 16.6. The predicted molar refractivity (Wildman–Crippen MR) is 125 cm³/mol. The summed E-state index contributed by atoms with van der Waals surface area (Å²) in [5, 5.41) is 4.58. The number of benzene rings is 2. The number of thiazole rings is 1. The fraction of sp³-hybridized carbons (Fsp3) is 0.250. The van der Waals surface area contributed by atoms with Gasteiger partial charge in [0.05, 0.1) is 19.9 Å². The smallest absolute Gasteiger partial charge is 0.265 e. The molecule has 34 heavy (non-hydrogen) atoms. The number of nitrogens with zero attached hydrogens (tertiary/aromatic N) is 5. The molecule has 0 bridgehead atoms. The Bertz CT molecular complexity index is 1280. The fourth-order valence-corrected chi connectivity index (χ4v) is 4.68. The number of aromatic nitrogens is 3. The van der Waals surface area contributed by atoms with Gasteiger partial charge < -0.3 is 14.2 Å². The number of carbonyl (C=O) groups is 1. The van der Waals surface area contributed by atoms with E-state index in [0.717, 1.165) is 11.3 Å². The number of piperazine rings is 1. The third-order valence-electron chi connectivity index (χ3n) is 5.66. The second kappa shape index (κ2) is 9.70. The SMILES string of the molecule is COc1ccc(-c2noc(CN3CCN(C(=O)c4cnc(-c5ccccc5F)s4)CC3)n2)cc1. The Morgan fingerprint density at radius 3 is 2.62 bits per heavy atom. The van der Waals surface area contributed by atoms with Crippen LogP contribution in [0.5, 0.6) is 5.75 Å². The van der Waals surface area contributed by atoms with Gasteiger partial charge in [-0.05, 0) is 36.4 Å². The molecule has 174 valence electrons. The third kappa shape index (κ3) is 4.68. The molecule has 0 N–H and O–H groups in total. The monoisotopic (exact) mass is 479 g/mol. The summed E-state index contributed by atoms with van der Waals surface area (Å²) in [4.78, 5) is 26.2. The largest absolute Gasteiger partial charge is 0.497 e. The fourth-order valence-electron chi connectivity index (χ4n) is 3.76. The summed E-state index contributed by atoms with van der Waals surface area (Å²) in [5.74, 6) is 1.39. The second-order valence-corrected chi connectivity index (χ2v) is 8.85. The first-order valence-electron chi connectivity index (χ1n) is 10.8. The molecule has 2 aromatic heterocycles. The maximum Gasteiger partial charge on any atom is 0.265 e. The maximum atomic E-state index is 14.0. The van der Waals surface area contributed by atoms with Crippen LogP contribution in [0.1, 0.15) is 15.6 Å². The number of halogens is 1. The van der Waals surface area contributed by atoms with Crippen LogP contribution in [0.25, 0.3) is 22.0 Å². The van der Waals surface area contributed by atoms with E-state index in [1.165, 1.54) is 23.6 Å². The Morgan fingerprint density at radius 1 is 1.12 bits per heavy atom. The van der Waals surface area contributed by atoms with Gasteiger partial charge in [0.1, 0.15) is 21.5 Å². The summed E-state index contributed by atoms with van der Waals surface area (Å²) >= 11 is 1.21. The number of ether oxygens (including phenoxy) is 1. The summed E-state index contributed by atoms with van der Waals surface area (Å²) in [5.41, 5.74) is 1.26. The molecule has 2 aromatic carbocycles. The molecule has 0 atom stereocenters. The molecule has 0 aliphatic carbocycles. The zero-order valence-corrected chi connectivity index (χ0v) is 19.3. The van der Waals surface area contributed by atoms with Gasteiger partial charge in [-0.15, -0.1) is 11.3 Å². The van der Waals surface area contributed by atoms with E-state index in [0.29, 0.717) is 59.9 Å². The highest BCUT2D eigenvalue weighted by Crippen LogP contribution is 2.28. The Morgan fingerprint density at radius 2 is 1.88 bits per heavy atom. The predicted octanol–water partition coefficient (Wildman–Crippen LogP) is 3.97. The summed E-state index contributed by atoms with van der Waals surface area (Å²) in [7, 11) is 1.62. The standard InChI is InChI=1S/C24H22FN5O3S/c1-32-17-8-6-16(7-9-17)22-27-21(33-28-22)15-29-10-12-30(13-11-29)24(31)20-14-26-23(34-20)18-4-2-3-5-19(18)25/h2-9,14H,10-13,15H2,1H3. The van der Waals surface area contributed by atoms with Gasteiger partial charge in [0.2, 0.25) is 11.7 Å². The lowest BCUT2D eigenvalue weighted by atomic mass is 10.2. The molecule has 0 saturated carbocycles. The van der Waals surface area contributed by atoms with E-state index < -0.39 is 0 Å². The van der Waals surface area contributed by atoms with Crippen LogP contribution < -0.4 is 4.74 Å². The third-order valence-corrected chi connectivity index (χ3v) is 6.67. The Kier molecular flexibility index (Phi) is 6.33. The van der Waals surface area contributed by atoms with Gasteiger partial charge in [0.15, 0.2) is 0 Å². The van der Waals surface area contributed by atoms with E-state index in [9.17, 15) is 9.18 Å². The van der Waals surface area contributed by atoms with Gasteiger partial charge in [0, 0.05) is 37.3 Å². The molecule has 0 spiro atoms. The zero-order valence-electron chi connectivity index (χ0n) is 18.5. The highest BCUT2D eigenvalue weighted by molar-refractivity contribution is 7.16. The Labute approximate surface area is 199 Å². The topological polar surface area (TPSA) is 84.6 Å². The molecule has 1 fully saturated rings. The number of rotatable bonds is 6. The van der Waals surface area contributed by atoms with E-state index >= 15 is 0 Å². The van der Waals surface area contributed by atoms with Crippen molar-refractivity contribution in [1.82, 2.24) is 24.9 Å². The quantitative estimate of drug-likeness (QED) is 0.414. The van der Waals surface area contributed by atoms with Crippen LogP contribution in [0.3, 0.4) is 0 Å². The van der Waals surface area contributed by atoms with Gasteiger partial charge in [-0.2, -0.15) is 4.98 Å². The molecule has 8 nitrogen and oxygen atoms in total. The minimum absolute atomic E-state index is 0.0840. The Balaban J connectivity index is 1.17. The highest BCUT2D eigenvalue weighted by atomic mass is 32.1. The molecule has 1 aliphatic rings. The van der Waals surface area contributed by atoms with E-state index in [-0.39, 0.29) is 11.7 Å². The Hall–Kier alpha value is -3.63. The zero-order chi connectivity index (χ0) is 23.5. The summed E-state index contributed by atoms with van der Waals surface area (Å²) < 4.78 is 24.6. The molecule has 4 aromatic rings. The molecule has 0 radical (unpaired) electrons. The van der Waals surface area contributed by atoms with Crippen molar-refractivity contribution < 1.29 is 18.4 Å². The van der Waals surface area contributed by atoms with Crippen molar-refractivity contribution in [3.63, 3.8) is 0 Å². The molecular formula is C24H22FN5O3S. The van der Waals surface area contributed by atoms with Crippen molar-refractivity contribution in [3.8, 4) is 27.7 Å². The van der Waals surface area contributed by atoms with Crippen LogP contribution in [0, 0.1) is 5.82 Å². The van der Waals surface area contributed by atoms with Crippen molar-refractivity contribution in [2.24, 2.45) is 0 Å². The highest BCUT2D eigenvalue weighted by Gasteiger charge is 2.25. The van der Waals surface area contributed by atoms with Gasteiger partial charge in [-0.3, -0.25) is 9.69 Å². The maximum absolute atomic E-state index is 14.0. The van der Waals surface area contributed by atoms with Crippen LogP contribution in [0.15, 0.2) is 59.3 Å². The van der Waals surface area contributed by atoms with E-state index in [1.54, 1.807) is 30.2 Å². The van der Waals surface area contributed by atoms with Crippen molar-refractivity contribution in [2.75, 3.05) is 33.3 Å². The van der Waals surface area contributed by atoms with Crippen molar-refractivity contribution in [2.45, 2.75) is 6.54 Å². The van der Waals surface area contributed by atoms with Gasteiger partial charge in [-0.25, -0.2) is 9.37 Å². The number of methoxy groups -OCH3 is 1. The van der Waals surface area contributed by atoms with Crippen LogP contribution in [-0.4, -0.2) is 64.1 Å². The second-order valence-electron chi connectivity index (χ2n) is 7.82. The number of amides is 1. The molecule has 0 unspecified atom stereocenters. The average Bonchev–Trinajstić information content (AvgIpc) is 3.55. The summed E-state index contributed by atoms with van der Waals surface area (Å²) in [6, 6.07) is 13.9. The molecule has 5 rings (SSSR count). The summed E-state index contributed by atoms with van der Waals surface area (Å²) in [6.07, 6.45) is 1.53. The number of carbonyl (C=O) groups excluding carboxylic acids is 1. The molecule has 1 saturated heterocycles. The lowest BCUT2D eigenvalue weighted by Gasteiger charge is -2.33. The molecule has 10 heteroatoms. The van der Waals surface area contributed by atoms with Crippen molar-refractivity contribution in [1.29, 1.82) is 0 Å². The lowest BCUT2D eigenvalue weighted by molar-refractivity contribution is 0.0619. The average molecular weight is 480 g/mol. The lowest BCUT2D eigenvalue weighted by Crippen LogP contribution is -2.48. The van der Waals surface area contributed by atoms with Crippen LogP contribution in [0.2, 0.25) is 0 Å². The first-order valence-corrected chi connectivity index (χ1v) is 11.6. The molecular weight excluding hydrogens is 457 g/mol. The van der Waals surface area contributed by atoms with Crippen LogP contribution in [0.4, 0.5) is 4.39 Å². The van der Waals surface area contributed by atoms with Crippen molar-refractivity contribution in [3.05, 3.63) is 71.3 Å². The first kappa shape index (κ1) is 22.2. The molecule has 3 heterocycles. The van der Waals surface area contributed by atoms with Gasteiger partial charge in [-0.1, -0.05) is 17.3 Å².